The summed E-state index contributed by atoms with van der Waals surface area (Å²) in [5.74, 6) is -0.204. The number of carbonyl (C=O) groups is 2. The highest BCUT2D eigenvalue weighted by Crippen LogP contribution is 2.25. The Morgan fingerprint density at radius 2 is 1.68 bits per heavy atom. The van der Waals surface area contributed by atoms with Gasteiger partial charge in [-0.05, 0) is 90.0 Å². The van der Waals surface area contributed by atoms with E-state index in [2.05, 4.69) is 27.9 Å². The molecule has 0 bridgehead atoms. The van der Waals surface area contributed by atoms with Gasteiger partial charge in [0.25, 0.3) is 10.0 Å². The van der Waals surface area contributed by atoms with Gasteiger partial charge in [0.15, 0.2) is 0 Å². The van der Waals surface area contributed by atoms with Crippen LogP contribution in [0.3, 0.4) is 0 Å². The van der Waals surface area contributed by atoms with Crippen molar-refractivity contribution in [3.63, 3.8) is 0 Å². The summed E-state index contributed by atoms with van der Waals surface area (Å²) in [6.07, 6.45) is 0.748. The summed E-state index contributed by atoms with van der Waals surface area (Å²) in [4.78, 5) is 28.2. The molecule has 1 atom stereocenters. The number of ether oxygens (including phenoxy) is 1. The van der Waals surface area contributed by atoms with Crippen LogP contribution in [-0.2, 0) is 26.2 Å². The van der Waals surface area contributed by atoms with Crippen LogP contribution in [-0.4, -0.2) is 51.4 Å². The van der Waals surface area contributed by atoms with E-state index in [4.69, 9.17) is 4.74 Å². The van der Waals surface area contributed by atoms with Crippen molar-refractivity contribution >= 4 is 50.1 Å². The number of nitrogens with zero attached hydrogens (tertiary/aromatic N) is 2. The Labute approximate surface area is 238 Å². The molecule has 2 amide bonds. The molecule has 0 fully saturated rings. The van der Waals surface area contributed by atoms with E-state index in [1.54, 1.807) is 74.7 Å². The highest BCUT2D eigenvalue weighted by molar-refractivity contribution is 14.1. The molecule has 3 aromatic carbocycles. The first kappa shape index (κ1) is 29.4. The number of amides is 2. The molecule has 0 unspecified atom stereocenters. The van der Waals surface area contributed by atoms with Crippen molar-refractivity contribution in [2.24, 2.45) is 0 Å². The number of rotatable bonds is 12. The van der Waals surface area contributed by atoms with Gasteiger partial charge in [-0.25, -0.2) is 8.42 Å². The van der Waals surface area contributed by atoms with Crippen LogP contribution in [0.1, 0.15) is 25.8 Å². The van der Waals surface area contributed by atoms with Crippen LogP contribution in [0.4, 0.5) is 5.69 Å². The van der Waals surface area contributed by atoms with Gasteiger partial charge in [-0.1, -0.05) is 37.3 Å². The Bertz CT molecular complexity index is 1330. The number of nitrogens with one attached hydrogen (secondary N) is 1. The van der Waals surface area contributed by atoms with Crippen molar-refractivity contribution in [3.05, 3.63) is 88.0 Å². The van der Waals surface area contributed by atoms with Crippen molar-refractivity contribution in [3.8, 4) is 5.75 Å². The third-order valence-electron chi connectivity index (χ3n) is 5.93. The third kappa shape index (κ3) is 7.47. The fraction of sp³-hybridized carbons (Fsp3) is 0.286. The largest absolute Gasteiger partial charge is 0.497 e. The fourth-order valence-electron chi connectivity index (χ4n) is 3.80. The van der Waals surface area contributed by atoms with Crippen LogP contribution in [0.5, 0.6) is 5.75 Å². The summed E-state index contributed by atoms with van der Waals surface area (Å²) in [6.45, 7) is 3.68. The standard InChI is InChI=1S/C28H32IN3O5S/c1-4-17-30-28(34)21(2)31(19-22-9-8-10-25(18-22)37-3)27(33)20-32(24-15-13-23(29)14-16-24)38(35,36)26-11-6-5-7-12-26/h5-16,18,21H,4,17,19-20H2,1-3H3,(H,30,34)/t21-/m1/s1. The number of sulfonamides is 1. The van der Waals surface area contributed by atoms with Gasteiger partial charge in [-0.2, -0.15) is 0 Å². The van der Waals surface area contributed by atoms with E-state index in [0.717, 1.165) is 19.9 Å². The zero-order valence-electron chi connectivity index (χ0n) is 21.6. The number of carbonyl (C=O) groups excluding carboxylic acids is 2. The number of benzene rings is 3. The Morgan fingerprint density at radius 3 is 2.32 bits per heavy atom. The molecular formula is C28H32IN3O5S. The minimum Gasteiger partial charge on any atom is -0.497 e. The molecule has 0 aliphatic heterocycles. The van der Waals surface area contributed by atoms with E-state index in [9.17, 15) is 18.0 Å². The molecule has 0 saturated carbocycles. The summed E-state index contributed by atoms with van der Waals surface area (Å²) < 4.78 is 34.8. The van der Waals surface area contributed by atoms with E-state index in [1.165, 1.54) is 17.0 Å². The SMILES string of the molecule is CCCNC(=O)[C@@H](C)N(Cc1cccc(OC)c1)C(=O)CN(c1ccc(I)cc1)S(=O)(=O)c1ccccc1. The summed E-state index contributed by atoms with van der Waals surface area (Å²) in [5, 5.41) is 2.83. The van der Waals surface area contributed by atoms with Crippen molar-refractivity contribution < 1.29 is 22.7 Å². The van der Waals surface area contributed by atoms with Crippen molar-refractivity contribution in [1.29, 1.82) is 0 Å². The van der Waals surface area contributed by atoms with Crippen LogP contribution in [0.25, 0.3) is 0 Å². The van der Waals surface area contributed by atoms with Crippen LogP contribution >= 0.6 is 22.6 Å². The van der Waals surface area contributed by atoms with Crippen molar-refractivity contribution in [2.75, 3.05) is 24.5 Å². The van der Waals surface area contributed by atoms with E-state index in [-0.39, 0.29) is 17.3 Å². The smallest absolute Gasteiger partial charge is 0.264 e. The van der Waals surface area contributed by atoms with Gasteiger partial charge in [-0.15, -0.1) is 0 Å². The second kappa shape index (κ2) is 13.6. The normalized spacial score (nSPS) is 11.9. The lowest BCUT2D eigenvalue weighted by atomic mass is 10.1. The summed E-state index contributed by atoms with van der Waals surface area (Å²) in [6, 6.07) is 21.3. The molecule has 10 heteroatoms. The number of halogens is 1. The first-order valence-electron chi connectivity index (χ1n) is 12.2. The van der Waals surface area contributed by atoms with Gasteiger partial charge in [0.1, 0.15) is 18.3 Å². The Hall–Kier alpha value is -3.12. The molecule has 8 nitrogen and oxygen atoms in total. The molecule has 0 aromatic heterocycles. The predicted molar refractivity (Wildman–Crippen MR) is 156 cm³/mol. The Morgan fingerprint density at radius 1 is 1.00 bits per heavy atom. The lowest BCUT2D eigenvalue weighted by Gasteiger charge is -2.32. The molecule has 0 radical (unpaired) electrons. The lowest BCUT2D eigenvalue weighted by Crippen LogP contribution is -2.51. The molecule has 0 heterocycles. The van der Waals surface area contributed by atoms with E-state index in [1.807, 2.05) is 13.0 Å². The Kier molecular flexibility index (Phi) is 10.5. The molecule has 0 aliphatic carbocycles. The average molecular weight is 650 g/mol. The maximum Gasteiger partial charge on any atom is 0.264 e. The molecule has 1 N–H and O–H groups in total. The quantitative estimate of drug-likeness (QED) is 0.293. The van der Waals surface area contributed by atoms with Crippen molar-refractivity contribution in [1.82, 2.24) is 10.2 Å². The van der Waals surface area contributed by atoms with Gasteiger partial charge in [0.05, 0.1) is 17.7 Å². The van der Waals surface area contributed by atoms with Gasteiger partial charge in [0, 0.05) is 16.7 Å². The predicted octanol–water partition coefficient (Wildman–Crippen LogP) is 4.44. The zero-order chi connectivity index (χ0) is 27.7. The first-order valence-corrected chi connectivity index (χ1v) is 14.7. The molecule has 38 heavy (non-hydrogen) atoms. The minimum atomic E-state index is -4.08. The monoisotopic (exact) mass is 649 g/mol. The number of methoxy groups -OCH3 is 1. The van der Waals surface area contributed by atoms with Crippen molar-refractivity contribution in [2.45, 2.75) is 37.8 Å². The molecule has 202 valence electrons. The second-order valence-electron chi connectivity index (χ2n) is 8.64. The Balaban J connectivity index is 2.00. The van der Waals surface area contributed by atoms with Crippen LogP contribution in [0.15, 0.2) is 83.8 Å². The third-order valence-corrected chi connectivity index (χ3v) is 8.44. The molecule has 0 aliphatic rings. The van der Waals surface area contributed by atoms with Gasteiger partial charge in [0.2, 0.25) is 11.8 Å². The second-order valence-corrected chi connectivity index (χ2v) is 11.7. The molecule has 0 saturated heterocycles. The summed E-state index contributed by atoms with van der Waals surface area (Å²) in [7, 11) is -2.52. The van der Waals surface area contributed by atoms with Gasteiger partial charge < -0.3 is 15.0 Å². The minimum absolute atomic E-state index is 0.0689. The van der Waals surface area contributed by atoms with E-state index < -0.39 is 28.5 Å². The first-order chi connectivity index (χ1) is 18.2. The number of hydrogen-bond donors (Lipinski definition) is 1. The van der Waals surface area contributed by atoms with Crippen LogP contribution in [0, 0.1) is 3.57 Å². The van der Waals surface area contributed by atoms with E-state index in [0.29, 0.717) is 18.0 Å². The molecule has 0 spiro atoms. The van der Waals surface area contributed by atoms with Gasteiger partial charge in [-0.3, -0.25) is 13.9 Å². The summed E-state index contributed by atoms with van der Waals surface area (Å²) in [5.41, 5.74) is 1.10. The molecular weight excluding hydrogens is 617 g/mol. The zero-order valence-corrected chi connectivity index (χ0v) is 24.6. The maximum absolute atomic E-state index is 13.9. The fourth-order valence-corrected chi connectivity index (χ4v) is 5.60. The lowest BCUT2D eigenvalue weighted by molar-refractivity contribution is -0.139. The highest BCUT2D eigenvalue weighted by Gasteiger charge is 2.32. The number of anilines is 1. The molecule has 3 rings (SSSR count). The topological polar surface area (TPSA) is 96.0 Å². The molecule has 3 aromatic rings. The highest BCUT2D eigenvalue weighted by atomic mass is 127. The van der Waals surface area contributed by atoms with E-state index >= 15 is 0 Å². The maximum atomic E-state index is 13.9. The summed E-state index contributed by atoms with van der Waals surface area (Å²) >= 11 is 2.14. The van der Waals surface area contributed by atoms with Crippen LogP contribution in [0.2, 0.25) is 0 Å². The van der Waals surface area contributed by atoms with Crippen LogP contribution < -0.4 is 14.4 Å². The van der Waals surface area contributed by atoms with Gasteiger partial charge >= 0.3 is 0 Å². The average Bonchev–Trinajstić information content (AvgIpc) is 2.93. The number of hydrogen-bond acceptors (Lipinski definition) is 5.